The summed E-state index contributed by atoms with van der Waals surface area (Å²) in [4.78, 5) is 4.19. The topological polar surface area (TPSA) is 83.2 Å². The molecular formula is C9H10N4O2S. The van der Waals surface area contributed by atoms with Crippen LogP contribution in [0.25, 0.3) is 0 Å². The lowest BCUT2D eigenvalue weighted by molar-refractivity contribution is 0.294. The molecule has 84 valence electrons. The smallest absolute Gasteiger partial charge is 0.296 e. The molecule has 0 atom stereocenters. The van der Waals surface area contributed by atoms with E-state index in [9.17, 15) is 0 Å². The summed E-state index contributed by atoms with van der Waals surface area (Å²) in [6.07, 6.45) is 0. The van der Waals surface area contributed by atoms with Gasteiger partial charge in [-0.05, 0) is 17.4 Å². The Balaban J connectivity index is 1.99. The Labute approximate surface area is 96.1 Å². The zero-order valence-corrected chi connectivity index (χ0v) is 9.40. The fourth-order valence-electron chi connectivity index (χ4n) is 1.07. The molecule has 0 bridgehead atoms. The van der Waals surface area contributed by atoms with Gasteiger partial charge in [-0.3, -0.25) is 0 Å². The van der Waals surface area contributed by atoms with Gasteiger partial charge in [0.15, 0.2) is 0 Å². The molecule has 2 N–H and O–H groups in total. The van der Waals surface area contributed by atoms with Gasteiger partial charge in [-0.15, -0.1) is 5.10 Å². The fourth-order valence-corrected chi connectivity index (χ4v) is 1.53. The predicted molar refractivity (Wildman–Crippen MR) is 59.4 cm³/mol. The third kappa shape index (κ3) is 2.57. The number of nitrogens with two attached hydrogens (primary N) is 1. The highest BCUT2D eigenvalue weighted by molar-refractivity contribution is 7.16. The molecule has 0 radical (unpaired) electrons. The van der Waals surface area contributed by atoms with Gasteiger partial charge in [0, 0.05) is 6.07 Å². The average Bonchev–Trinajstić information content (AvgIpc) is 2.73. The summed E-state index contributed by atoms with van der Waals surface area (Å²) in [5, 5.41) is 8.19. The minimum absolute atomic E-state index is 0.311. The molecule has 6 nitrogen and oxygen atoms in total. The monoisotopic (exact) mass is 238 g/mol. The Bertz CT molecular complexity index is 474. The van der Waals surface area contributed by atoms with Gasteiger partial charge in [0.1, 0.15) is 6.61 Å². The van der Waals surface area contributed by atoms with Crippen molar-refractivity contribution in [1.82, 2.24) is 15.2 Å². The van der Waals surface area contributed by atoms with Crippen LogP contribution in [0.3, 0.4) is 0 Å². The lowest BCUT2D eigenvalue weighted by atomic mass is 10.4. The van der Waals surface area contributed by atoms with E-state index in [2.05, 4.69) is 15.2 Å². The van der Waals surface area contributed by atoms with Crippen molar-refractivity contribution in [3.63, 3.8) is 0 Å². The third-order valence-electron chi connectivity index (χ3n) is 1.76. The maximum Gasteiger partial charge on any atom is 0.296 e. The van der Waals surface area contributed by atoms with Crippen molar-refractivity contribution >= 4 is 16.5 Å². The highest BCUT2D eigenvalue weighted by atomic mass is 32.1. The maximum absolute atomic E-state index is 5.42. The Morgan fingerprint density at radius 2 is 2.25 bits per heavy atom. The lowest BCUT2D eigenvalue weighted by Crippen LogP contribution is -1.99. The molecule has 0 saturated carbocycles. The molecule has 2 rings (SSSR count). The van der Waals surface area contributed by atoms with Gasteiger partial charge in [0.05, 0.1) is 12.8 Å². The van der Waals surface area contributed by atoms with E-state index in [0.29, 0.717) is 22.8 Å². The summed E-state index contributed by atoms with van der Waals surface area (Å²) in [6, 6.07) is 5.46. The molecule has 0 unspecified atom stereocenters. The zero-order chi connectivity index (χ0) is 11.4. The second-order valence-electron chi connectivity index (χ2n) is 2.87. The van der Waals surface area contributed by atoms with Crippen molar-refractivity contribution in [2.75, 3.05) is 12.8 Å². The van der Waals surface area contributed by atoms with Gasteiger partial charge >= 0.3 is 0 Å². The Morgan fingerprint density at radius 3 is 2.94 bits per heavy atom. The summed E-state index contributed by atoms with van der Waals surface area (Å²) in [6.45, 7) is 0.311. The van der Waals surface area contributed by atoms with E-state index in [1.165, 1.54) is 11.3 Å². The first kappa shape index (κ1) is 10.6. The van der Waals surface area contributed by atoms with Crippen molar-refractivity contribution in [3.05, 3.63) is 23.9 Å². The van der Waals surface area contributed by atoms with Gasteiger partial charge in [0.2, 0.25) is 11.0 Å². The normalized spacial score (nSPS) is 10.1. The number of aromatic nitrogens is 3. The first-order chi connectivity index (χ1) is 7.78. The maximum atomic E-state index is 5.42. The van der Waals surface area contributed by atoms with Crippen molar-refractivity contribution in [2.45, 2.75) is 6.61 Å². The van der Waals surface area contributed by atoms with Crippen LogP contribution >= 0.6 is 11.3 Å². The molecule has 0 aliphatic rings. The summed E-state index contributed by atoms with van der Waals surface area (Å²) in [5.41, 5.74) is 6.18. The molecule has 0 amide bonds. The molecule has 2 heterocycles. The minimum atomic E-state index is 0.311. The third-order valence-corrected chi connectivity index (χ3v) is 2.42. The quantitative estimate of drug-likeness (QED) is 0.858. The number of ether oxygens (including phenoxy) is 2. The molecule has 0 aliphatic carbocycles. The van der Waals surface area contributed by atoms with Crippen LogP contribution in [0.5, 0.6) is 11.1 Å². The van der Waals surface area contributed by atoms with Crippen LogP contribution in [-0.4, -0.2) is 22.3 Å². The lowest BCUT2D eigenvalue weighted by Gasteiger charge is -2.03. The van der Waals surface area contributed by atoms with Gasteiger partial charge < -0.3 is 15.2 Å². The van der Waals surface area contributed by atoms with Gasteiger partial charge in [-0.25, -0.2) is 4.98 Å². The van der Waals surface area contributed by atoms with Crippen molar-refractivity contribution in [2.24, 2.45) is 0 Å². The molecule has 0 fully saturated rings. The van der Waals surface area contributed by atoms with Crippen LogP contribution in [-0.2, 0) is 6.61 Å². The second kappa shape index (κ2) is 4.75. The molecule has 2 aromatic rings. The number of nitrogen functional groups attached to an aromatic ring is 1. The molecule has 0 aromatic carbocycles. The van der Waals surface area contributed by atoms with E-state index < -0.39 is 0 Å². The van der Waals surface area contributed by atoms with E-state index in [0.717, 1.165) is 5.69 Å². The Kier molecular flexibility index (Phi) is 3.16. The number of hydrogen-bond acceptors (Lipinski definition) is 7. The van der Waals surface area contributed by atoms with Gasteiger partial charge in [-0.2, -0.15) is 0 Å². The molecule has 0 aliphatic heterocycles. The Hall–Kier alpha value is -1.89. The van der Waals surface area contributed by atoms with E-state index in [-0.39, 0.29) is 0 Å². The number of anilines is 1. The Morgan fingerprint density at radius 1 is 1.38 bits per heavy atom. The number of rotatable bonds is 4. The summed E-state index contributed by atoms with van der Waals surface area (Å²) < 4.78 is 10.4. The van der Waals surface area contributed by atoms with Crippen molar-refractivity contribution in [1.29, 1.82) is 0 Å². The van der Waals surface area contributed by atoms with E-state index in [1.807, 2.05) is 12.1 Å². The molecule has 0 saturated heterocycles. The van der Waals surface area contributed by atoms with Crippen LogP contribution < -0.4 is 15.2 Å². The summed E-state index contributed by atoms with van der Waals surface area (Å²) in [5.74, 6) is 0.554. The highest BCUT2D eigenvalue weighted by Crippen LogP contribution is 2.20. The molecule has 0 spiro atoms. The second-order valence-corrected chi connectivity index (χ2v) is 3.84. The van der Waals surface area contributed by atoms with E-state index in [4.69, 9.17) is 15.2 Å². The summed E-state index contributed by atoms with van der Waals surface area (Å²) in [7, 11) is 1.57. The van der Waals surface area contributed by atoms with Crippen LogP contribution in [0, 0.1) is 0 Å². The van der Waals surface area contributed by atoms with Crippen molar-refractivity contribution < 1.29 is 9.47 Å². The van der Waals surface area contributed by atoms with E-state index >= 15 is 0 Å². The molecule has 7 heteroatoms. The van der Waals surface area contributed by atoms with Crippen molar-refractivity contribution in [3.8, 4) is 11.1 Å². The van der Waals surface area contributed by atoms with Gasteiger partial charge in [0.25, 0.3) is 5.19 Å². The number of hydrogen-bond donors (Lipinski definition) is 1. The number of methoxy groups -OCH3 is 1. The molecular weight excluding hydrogens is 228 g/mol. The first-order valence-corrected chi connectivity index (χ1v) is 5.31. The summed E-state index contributed by atoms with van der Waals surface area (Å²) >= 11 is 1.19. The number of nitrogens with zero attached hydrogens (tertiary/aromatic N) is 3. The SMILES string of the molecule is COc1cccc(COc2nnc(N)s2)n1. The molecule has 2 aromatic heterocycles. The zero-order valence-electron chi connectivity index (χ0n) is 8.58. The van der Waals surface area contributed by atoms with E-state index in [1.54, 1.807) is 13.2 Å². The first-order valence-electron chi connectivity index (χ1n) is 4.49. The number of pyridine rings is 1. The van der Waals surface area contributed by atoms with Crippen LogP contribution in [0.4, 0.5) is 5.13 Å². The van der Waals surface area contributed by atoms with Crippen LogP contribution in [0.2, 0.25) is 0 Å². The predicted octanol–water partition coefficient (Wildman–Crippen LogP) is 1.10. The highest BCUT2D eigenvalue weighted by Gasteiger charge is 2.03. The fraction of sp³-hybridized carbons (Fsp3) is 0.222. The van der Waals surface area contributed by atoms with Crippen LogP contribution in [0.1, 0.15) is 5.69 Å². The largest absolute Gasteiger partial charge is 0.481 e. The van der Waals surface area contributed by atoms with Crippen LogP contribution in [0.15, 0.2) is 18.2 Å². The molecule has 16 heavy (non-hydrogen) atoms. The minimum Gasteiger partial charge on any atom is -0.481 e. The van der Waals surface area contributed by atoms with Gasteiger partial charge in [-0.1, -0.05) is 11.2 Å². The standard InChI is InChI=1S/C9H10N4O2S/c1-14-7-4-2-3-6(11-7)5-15-9-13-12-8(10)16-9/h2-4H,5H2,1H3,(H2,10,12). The average molecular weight is 238 g/mol.